The summed E-state index contributed by atoms with van der Waals surface area (Å²) in [5.41, 5.74) is 11.9. The number of carbonyl (C=O) groups excluding carboxylic acids is 4. The van der Waals surface area contributed by atoms with Crippen molar-refractivity contribution in [2.24, 2.45) is 29.2 Å². The molecule has 0 radical (unpaired) electrons. The number of amides is 3. The van der Waals surface area contributed by atoms with Crippen molar-refractivity contribution < 1.29 is 33.9 Å². The Bertz CT molecular complexity index is 1810. The van der Waals surface area contributed by atoms with Crippen LogP contribution in [0, 0.1) is 27.9 Å². The lowest BCUT2D eigenvalue weighted by molar-refractivity contribution is -0.384. The van der Waals surface area contributed by atoms with Crippen molar-refractivity contribution >= 4 is 29.2 Å². The van der Waals surface area contributed by atoms with Crippen molar-refractivity contribution in [2.75, 3.05) is 13.2 Å². The number of non-ortho nitro benzene ring substituents is 1. The van der Waals surface area contributed by atoms with Crippen LogP contribution >= 0.6 is 0 Å². The van der Waals surface area contributed by atoms with Crippen LogP contribution in [0.2, 0.25) is 0 Å². The lowest BCUT2D eigenvalue weighted by Crippen LogP contribution is -2.69. The minimum atomic E-state index is -2.21. The van der Waals surface area contributed by atoms with Crippen LogP contribution in [-0.2, 0) is 32.0 Å². The van der Waals surface area contributed by atoms with E-state index in [4.69, 9.17) is 16.2 Å². The van der Waals surface area contributed by atoms with E-state index in [-0.39, 0.29) is 61.3 Å². The molecule has 0 saturated heterocycles. The Kier molecular flexibility index (Phi) is 13.5. The molecule has 6 atom stereocenters. The highest BCUT2D eigenvalue weighted by molar-refractivity contribution is 6.06. The maximum Gasteiger partial charge on any atom is 0.269 e. The van der Waals surface area contributed by atoms with Gasteiger partial charge in [-0.15, -0.1) is 0 Å². The number of aromatic amines is 1. The molecule has 3 aromatic rings. The van der Waals surface area contributed by atoms with Crippen molar-refractivity contribution in [3.63, 3.8) is 0 Å². The fourth-order valence-electron chi connectivity index (χ4n) is 8.20. The molecule has 296 valence electrons. The number of aliphatic hydroxyl groups is 1. The van der Waals surface area contributed by atoms with Crippen LogP contribution < -0.4 is 21.5 Å². The minimum Gasteiger partial charge on any atom is -0.493 e. The third-order valence-corrected chi connectivity index (χ3v) is 11.0. The number of hydrogen-bond acceptors (Lipinski definition) is 11. The number of rotatable bonds is 17. The first-order valence-electron chi connectivity index (χ1n) is 19.0. The van der Waals surface area contributed by atoms with Gasteiger partial charge in [-0.2, -0.15) is 0 Å². The van der Waals surface area contributed by atoms with E-state index in [1.807, 2.05) is 19.9 Å². The third kappa shape index (κ3) is 9.28. The van der Waals surface area contributed by atoms with Gasteiger partial charge in [0.15, 0.2) is 5.78 Å². The number of imide groups is 1. The normalized spacial score (nSPS) is 18.9. The molecule has 2 aromatic carbocycles. The molecule has 0 spiro atoms. The molecule has 2 unspecified atom stereocenters. The van der Waals surface area contributed by atoms with Gasteiger partial charge >= 0.3 is 0 Å². The summed E-state index contributed by atoms with van der Waals surface area (Å²) < 4.78 is 6.08. The van der Waals surface area contributed by atoms with Gasteiger partial charge in [-0.1, -0.05) is 76.3 Å². The number of nitrogens with one attached hydrogen (secondary N) is 2. The Morgan fingerprint density at radius 1 is 1.11 bits per heavy atom. The highest BCUT2D eigenvalue weighted by atomic mass is 16.6. The Morgan fingerprint density at radius 2 is 1.82 bits per heavy atom. The van der Waals surface area contributed by atoms with Crippen molar-refractivity contribution in [3.05, 3.63) is 88.0 Å². The molecule has 15 nitrogen and oxygen atoms in total. The second-order valence-electron chi connectivity index (χ2n) is 15.4. The fraction of sp³-hybridized carbons (Fsp3) is 0.525. The summed E-state index contributed by atoms with van der Waals surface area (Å²) in [6.07, 6.45) is 5.25. The van der Waals surface area contributed by atoms with E-state index in [0.717, 1.165) is 43.9 Å². The number of fused-ring (bicyclic) bond motifs is 1. The number of nitrogens with two attached hydrogens (primary N) is 2. The number of nitrogens with zero attached hydrogens (tertiary/aromatic N) is 3. The predicted octanol–water partition coefficient (Wildman–Crippen LogP) is 3.34. The predicted molar refractivity (Wildman–Crippen MR) is 204 cm³/mol. The molecule has 15 heteroatoms. The van der Waals surface area contributed by atoms with Gasteiger partial charge in [0.1, 0.15) is 17.3 Å². The molecule has 1 fully saturated rings. The van der Waals surface area contributed by atoms with Gasteiger partial charge < -0.3 is 31.6 Å². The molecule has 0 bridgehead atoms. The molecule has 2 heterocycles. The minimum absolute atomic E-state index is 0.0238. The number of nitro benzene ring substituents is 1. The molecule has 55 heavy (non-hydrogen) atoms. The number of aliphatic hydroxyl groups excluding tert-OH is 1. The summed E-state index contributed by atoms with van der Waals surface area (Å²) in [5, 5.41) is 27.0. The van der Waals surface area contributed by atoms with Gasteiger partial charge in [-0.3, -0.25) is 34.2 Å². The standard InChI is InChI=1S/C40H53N7O8/c1-24(2)20-44-38(51)35(42)36(49)31(16-26-10-6-4-7-11-26)37(50)40(19-28-21-43-23-45-28,32-22-55-34-15-14-29(47(53)54)18-30(32)34)46(25(3)48)39(52)33(41)17-27-12-8-5-9-13-27/h5,8-9,12-15,18,21,23-24,26,31-33,35-36,49H,4,6-7,10-11,16-17,19-20,22,41-42H2,1-3H3,(H,43,45)(H,44,51)/t31-,32-,33-,35?,36?,40-/m0/s1. The number of benzene rings is 2. The lowest BCUT2D eigenvalue weighted by atomic mass is 9.66. The first kappa shape index (κ1) is 41.2. The number of H-pyrrole nitrogens is 1. The summed E-state index contributed by atoms with van der Waals surface area (Å²) in [4.78, 5) is 78.1. The van der Waals surface area contributed by atoms with E-state index in [1.165, 1.54) is 30.7 Å². The Labute approximate surface area is 320 Å². The van der Waals surface area contributed by atoms with Crippen LogP contribution in [-0.4, -0.2) is 85.3 Å². The second-order valence-corrected chi connectivity index (χ2v) is 15.4. The van der Waals surface area contributed by atoms with Crippen LogP contribution in [0.4, 0.5) is 5.69 Å². The average Bonchev–Trinajstić information content (AvgIpc) is 3.85. The number of ketones is 1. The molecule has 1 aliphatic heterocycles. The summed E-state index contributed by atoms with van der Waals surface area (Å²) in [7, 11) is 0. The number of hydrogen-bond donors (Lipinski definition) is 5. The van der Waals surface area contributed by atoms with Crippen LogP contribution in [0.1, 0.15) is 82.0 Å². The molecular formula is C40H53N7O8. The van der Waals surface area contributed by atoms with Gasteiger partial charge in [0.2, 0.25) is 17.7 Å². The number of carbonyl (C=O) groups is 4. The monoisotopic (exact) mass is 759 g/mol. The highest BCUT2D eigenvalue weighted by Crippen LogP contribution is 2.49. The van der Waals surface area contributed by atoms with E-state index < -0.39 is 64.0 Å². The van der Waals surface area contributed by atoms with E-state index in [2.05, 4.69) is 15.3 Å². The first-order chi connectivity index (χ1) is 26.2. The lowest BCUT2D eigenvalue weighted by Gasteiger charge is -2.48. The maximum atomic E-state index is 16.1. The molecule has 5 rings (SSSR count). The van der Waals surface area contributed by atoms with Crippen molar-refractivity contribution in [2.45, 2.75) is 102 Å². The second kappa shape index (κ2) is 18.1. The zero-order valence-electron chi connectivity index (χ0n) is 31.7. The van der Waals surface area contributed by atoms with Crippen LogP contribution in [0.5, 0.6) is 5.75 Å². The molecule has 3 amide bonds. The molecule has 1 aromatic heterocycles. The van der Waals surface area contributed by atoms with Gasteiger partial charge in [0, 0.05) is 55.4 Å². The van der Waals surface area contributed by atoms with Crippen molar-refractivity contribution in [1.29, 1.82) is 0 Å². The number of imidazole rings is 1. The highest BCUT2D eigenvalue weighted by Gasteiger charge is 2.60. The zero-order valence-corrected chi connectivity index (χ0v) is 31.7. The smallest absolute Gasteiger partial charge is 0.269 e. The van der Waals surface area contributed by atoms with E-state index in [1.54, 1.807) is 24.3 Å². The number of nitro groups is 1. The summed E-state index contributed by atoms with van der Waals surface area (Å²) >= 11 is 0. The van der Waals surface area contributed by atoms with Crippen LogP contribution in [0.15, 0.2) is 61.1 Å². The summed E-state index contributed by atoms with van der Waals surface area (Å²) in [6.45, 7) is 5.00. The van der Waals surface area contributed by atoms with Crippen LogP contribution in [0.25, 0.3) is 0 Å². The quantitative estimate of drug-likeness (QED) is 0.0989. The van der Waals surface area contributed by atoms with E-state index >= 15 is 4.79 Å². The zero-order chi connectivity index (χ0) is 39.9. The van der Waals surface area contributed by atoms with Gasteiger partial charge in [-0.25, -0.2) is 4.98 Å². The summed E-state index contributed by atoms with van der Waals surface area (Å²) in [6, 6.07) is 10.1. The van der Waals surface area contributed by atoms with E-state index in [0.29, 0.717) is 11.3 Å². The first-order valence-corrected chi connectivity index (χ1v) is 19.0. The maximum absolute atomic E-state index is 16.1. The molecule has 2 aliphatic rings. The summed E-state index contributed by atoms with van der Waals surface area (Å²) in [5.74, 6) is -5.35. The Hall–Kier alpha value is -4.99. The van der Waals surface area contributed by atoms with Gasteiger partial charge in [-0.05, 0) is 36.3 Å². The number of Topliss-reactive ketones (excluding diaryl/α,β-unsaturated/α-hetero) is 1. The third-order valence-electron chi connectivity index (χ3n) is 11.0. The van der Waals surface area contributed by atoms with Crippen molar-refractivity contribution in [3.8, 4) is 5.75 Å². The Balaban J connectivity index is 1.74. The fourth-order valence-corrected chi connectivity index (χ4v) is 8.20. The van der Waals surface area contributed by atoms with Gasteiger partial charge in [0.25, 0.3) is 5.69 Å². The number of ether oxygens (including phenoxy) is 1. The Morgan fingerprint density at radius 3 is 2.44 bits per heavy atom. The SMILES string of the molecule is CC(=O)N(C(=O)[C@@H](N)Cc1ccccc1)[C@](Cc1cnc[nH]1)(C(=O)[C@@H](CC1CCCCC1)C(O)C(N)C(=O)NCC(C)C)[C@H]1COc2ccc([N+](=O)[O-])cc21. The molecule has 1 aliphatic carbocycles. The van der Waals surface area contributed by atoms with E-state index in [9.17, 15) is 29.6 Å². The average molecular weight is 760 g/mol. The molecule has 7 N–H and O–H groups in total. The van der Waals surface area contributed by atoms with Gasteiger partial charge in [0.05, 0.1) is 35.9 Å². The van der Waals surface area contributed by atoms with Crippen LogP contribution in [0.3, 0.4) is 0 Å². The number of aromatic nitrogens is 2. The van der Waals surface area contributed by atoms with Crippen molar-refractivity contribution in [1.82, 2.24) is 20.2 Å². The largest absolute Gasteiger partial charge is 0.493 e. The molecular weight excluding hydrogens is 706 g/mol. The molecule has 1 saturated carbocycles. The topological polar surface area (TPSA) is 237 Å².